The predicted molar refractivity (Wildman–Crippen MR) is 107 cm³/mol. The number of hydrogen-bond acceptors (Lipinski definition) is 2. The molecule has 1 aromatic carbocycles. The molecule has 0 aliphatic carbocycles. The second-order valence-electron chi connectivity index (χ2n) is 5.92. The van der Waals surface area contributed by atoms with Gasteiger partial charge in [0.2, 0.25) is 0 Å². The Morgan fingerprint density at radius 3 is 2.31 bits per heavy atom. The topological polar surface area (TPSA) is 30.9 Å². The minimum atomic E-state index is -4.18. The maximum absolute atomic E-state index is 13.0. The van der Waals surface area contributed by atoms with Crippen LogP contribution >= 0.6 is 24.0 Å². The van der Waals surface area contributed by atoms with E-state index in [0.29, 0.717) is 38.6 Å². The fraction of sp³-hybridized carbons (Fsp3) is 0.588. The van der Waals surface area contributed by atoms with Gasteiger partial charge in [-0.2, -0.15) is 13.2 Å². The SMILES string of the molecule is CCNC(=NCCCN(C)CC(F)(F)F)N(C)Cc1ccc(F)cc1.I. The third kappa shape index (κ3) is 10.8. The van der Waals surface area contributed by atoms with E-state index in [1.807, 2.05) is 18.9 Å². The summed E-state index contributed by atoms with van der Waals surface area (Å²) in [6.45, 7) is 3.02. The molecule has 0 amide bonds. The number of nitrogens with zero attached hydrogens (tertiary/aromatic N) is 3. The normalized spacial score (nSPS) is 12.1. The Hall–Kier alpha value is -1.10. The van der Waals surface area contributed by atoms with E-state index in [-0.39, 0.29) is 29.8 Å². The van der Waals surface area contributed by atoms with Crippen LogP contribution in [0.1, 0.15) is 18.9 Å². The summed E-state index contributed by atoms with van der Waals surface area (Å²) in [7, 11) is 3.31. The van der Waals surface area contributed by atoms with Gasteiger partial charge in [-0.15, -0.1) is 24.0 Å². The first kappa shape index (κ1) is 24.9. The molecule has 0 aliphatic rings. The third-order valence-electron chi connectivity index (χ3n) is 3.44. The molecule has 0 spiro atoms. The summed E-state index contributed by atoms with van der Waals surface area (Å²) in [6.07, 6.45) is -3.64. The molecule has 0 aromatic heterocycles. The summed E-state index contributed by atoms with van der Waals surface area (Å²) in [5.74, 6) is 0.389. The zero-order chi connectivity index (χ0) is 18.9. The molecule has 0 radical (unpaired) electrons. The van der Waals surface area contributed by atoms with Crippen LogP contribution in [-0.2, 0) is 6.54 Å². The number of benzene rings is 1. The van der Waals surface area contributed by atoms with E-state index >= 15 is 0 Å². The summed E-state index contributed by atoms with van der Waals surface area (Å²) in [5.41, 5.74) is 0.944. The fourth-order valence-electron chi connectivity index (χ4n) is 2.32. The van der Waals surface area contributed by atoms with Gasteiger partial charge in [0.1, 0.15) is 5.82 Å². The van der Waals surface area contributed by atoms with Crippen LogP contribution < -0.4 is 5.32 Å². The maximum atomic E-state index is 13.0. The Bertz CT molecular complexity index is 535. The van der Waals surface area contributed by atoms with Crippen molar-refractivity contribution in [2.24, 2.45) is 4.99 Å². The van der Waals surface area contributed by atoms with Gasteiger partial charge in [0.15, 0.2) is 5.96 Å². The molecular formula is C17H27F4IN4. The highest BCUT2D eigenvalue weighted by atomic mass is 127. The molecule has 1 aromatic rings. The number of hydrogen-bond donors (Lipinski definition) is 1. The first-order valence-electron chi connectivity index (χ1n) is 8.20. The maximum Gasteiger partial charge on any atom is 0.401 e. The first-order valence-corrected chi connectivity index (χ1v) is 8.20. The van der Waals surface area contributed by atoms with Gasteiger partial charge in [-0.3, -0.25) is 9.89 Å². The van der Waals surface area contributed by atoms with E-state index in [1.54, 1.807) is 12.1 Å². The zero-order valence-electron chi connectivity index (χ0n) is 15.3. The van der Waals surface area contributed by atoms with Crippen LogP contribution in [0.4, 0.5) is 17.6 Å². The highest BCUT2D eigenvalue weighted by Gasteiger charge is 2.28. The number of alkyl halides is 3. The van der Waals surface area contributed by atoms with Crippen molar-refractivity contribution >= 4 is 29.9 Å². The molecule has 0 saturated carbocycles. The number of rotatable bonds is 8. The largest absolute Gasteiger partial charge is 0.401 e. The van der Waals surface area contributed by atoms with Crippen molar-refractivity contribution in [3.05, 3.63) is 35.6 Å². The quantitative estimate of drug-likeness (QED) is 0.198. The van der Waals surface area contributed by atoms with Crippen LogP contribution in [0.5, 0.6) is 0 Å². The Labute approximate surface area is 169 Å². The Balaban J connectivity index is 0.00000625. The molecule has 26 heavy (non-hydrogen) atoms. The smallest absolute Gasteiger partial charge is 0.357 e. The third-order valence-corrected chi connectivity index (χ3v) is 3.44. The van der Waals surface area contributed by atoms with Crippen LogP contribution in [0.25, 0.3) is 0 Å². The number of halogens is 5. The molecule has 0 fully saturated rings. The average Bonchev–Trinajstić information content (AvgIpc) is 2.50. The van der Waals surface area contributed by atoms with Crippen molar-refractivity contribution in [1.82, 2.24) is 15.1 Å². The van der Waals surface area contributed by atoms with E-state index in [0.717, 1.165) is 5.56 Å². The van der Waals surface area contributed by atoms with Crippen molar-refractivity contribution in [3.63, 3.8) is 0 Å². The lowest BCUT2D eigenvalue weighted by Crippen LogP contribution is -2.38. The summed E-state index contributed by atoms with van der Waals surface area (Å²) in [4.78, 5) is 7.58. The highest BCUT2D eigenvalue weighted by Crippen LogP contribution is 2.15. The molecule has 0 heterocycles. The molecule has 0 aliphatic heterocycles. The van der Waals surface area contributed by atoms with Gasteiger partial charge in [0.25, 0.3) is 0 Å². The second-order valence-corrected chi connectivity index (χ2v) is 5.92. The van der Waals surface area contributed by atoms with Crippen LogP contribution in [0.3, 0.4) is 0 Å². The average molecular weight is 490 g/mol. The van der Waals surface area contributed by atoms with E-state index in [1.165, 1.54) is 24.1 Å². The Morgan fingerprint density at radius 2 is 1.77 bits per heavy atom. The van der Waals surface area contributed by atoms with Crippen LogP contribution in [0.15, 0.2) is 29.3 Å². The molecule has 150 valence electrons. The van der Waals surface area contributed by atoms with Crippen molar-refractivity contribution < 1.29 is 17.6 Å². The molecular weight excluding hydrogens is 463 g/mol. The van der Waals surface area contributed by atoms with E-state index in [4.69, 9.17) is 0 Å². The minimum Gasteiger partial charge on any atom is -0.357 e. The van der Waals surface area contributed by atoms with Gasteiger partial charge in [-0.1, -0.05) is 12.1 Å². The fourth-order valence-corrected chi connectivity index (χ4v) is 2.32. The minimum absolute atomic E-state index is 0. The zero-order valence-corrected chi connectivity index (χ0v) is 17.6. The van der Waals surface area contributed by atoms with Crippen molar-refractivity contribution in [2.75, 3.05) is 40.3 Å². The summed E-state index contributed by atoms with van der Waals surface area (Å²) < 4.78 is 49.8. The first-order chi connectivity index (χ1) is 11.7. The molecule has 1 rings (SSSR count). The Morgan fingerprint density at radius 1 is 1.15 bits per heavy atom. The van der Waals surface area contributed by atoms with Crippen molar-refractivity contribution in [2.45, 2.75) is 26.1 Å². The molecule has 4 nitrogen and oxygen atoms in total. The van der Waals surface area contributed by atoms with E-state index < -0.39 is 12.7 Å². The van der Waals surface area contributed by atoms with Gasteiger partial charge in [0, 0.05) is 26.7 Å². The lowest BCUT2D eigenvalue weighted by molar-refractivity contribution is -0.143. The summed E-state index contributed by atoms with van der Waals surface area (Å²) >= 11 is 0. The van der Waals surface area contributed by atoms with Gasteiger partial charge in [0.05, 0.1) is 6.54 Å². The van der Waals surface area contributed by atoms with Crippen molar-refractivity contribution in [3.8, 4) is 0 Å². The summed E-state index contributed by atoms with van der Waals surface area (Å²) in [6, 6.07) is 6.23. The molecule has 0 atom stereocenters. The lowest BCUT2D eigenvalue weighted by Gasteiger charge is -2.22. The van der Waals surface area contributed by atoms with Crippen molar-refractivity contribution in [1.29, 1.82) is 0 Å². The standard InChI is InChI=1S/C17H26F4N4.HI/c1-4-22-16(23-10-5-11-24(2)13-17(19,20)21)25(3)12-14-6-8-15(18)9-7-14;/h6-9H,4-5,10-13H2,1-3H3,(H,22,23);1H. The van der Waals surface area contributed by atoms with Crippen LogP contribution in [0, 0.1) is 5.82 Å². The lowest BCUT2D eigenvalue weighted by atomic mass is 10.2. The van der Waals surface area contributed by atoms with E-state index in [2.05, 4.69) is 10.3 Å². The van der Waals surface area contributed by atoms with Crippen LogP contribution in [0.2, 0.25) is 0 Å². The number of guanidine groups is 1. The van der Waals surface area contributed by atoms with E-state index in [9.17, 15) is 17.6 Å². The second kappa shape index (κ2) is 12.3. The Kier molecular flexibility index (Phi) is 11.8. The van der Waals surface area contributed by atoms with Gasteiger partial charge < -0.3 is 10.2 Å². The van der Waals surface area contributed by atoms with Gasteiger partial charge in [-0.05, 0) is 44.6 Å². The predicted octanol–water partition coefficient (Wildman–Crippen LogP) is 3.73. The monoisotopic (exact) mass is 490 g/mol. The number of nitrogens with one attached hydrogen (secondary N) is 1. The number of aliphatic imine (C=N–C) groups is 1. The summed E-state index contributed by atoms with van der Waals surface area (Å²) in [5, 5.41) is 3.15. The molecule has 0 unspecified atom stereocenters. The van der Waals surface area contributed by atoms with Crippen LogP contribution in [-0.4, -0.2) is 62.2 Å². The molecule has 0 saturated heterocycles. The molecule has 9 heteroatoms. The molecule has 0 bridgehead atoms. The highest BCUT2D eigenvalue weighted by molar-refractivity contribution is 14.0. The van der Waals surface area contributed by atoms with Gasteiger partial charge >= 0.3 is 6.18 Å². The van der Waals surface area contributed by atoms with Gasteiger partial charge in [-0.25, -0.2) is 4.39 Å². The molecule has 1 N–H and O–H groups in total.